The standard InChI is InChI=1S/C13H19N3O/c1-9-8-14-10(2)13(15-9)16-7-5-4-6-12(16)11(3)17/h8,12H,4-7H2,1-3H3. The molecule has 0 saturated carbocycles. The first-order valence-electron chi connectivity index (χ1n) is 6.17. The number of piperidine rings is 1. The zero-order valence-electron chi connectivity index (χ0n) is 10.7. The lowest BCUT2D eigenvalue weighted by molar-refractivity contribution is -0.118. The second-order valence-electron chi connectivity index (χ2n) is 4.74. The van der Waals surface area contributed by atoms with Gasteiger partial charge < -0.3 is 4.90 Å². The Morgan fingerprint density at radius 3 is 2.88 bits per heavy atom. The van der Waals surface area contributed by atoms with Gasteiger partial charge in [0.25, 0.3) is 0 Å². The van der Waals surface area contributed by atoms with Gasteiger partial charge in [0.15, 0.2) is 11.6 Å². The van der Waals surface area contributed by atoms with E-state index in [4.69, 9.17) is 0 Å². The van der Waals surface area contributed by atoms with Crippen molar-refractivity contribution in [3.05, 3.63) is 17.6 Å². The molecular weight excluding hydrogens is 214 g/mol. The van der Waals surface area contributed by atoms with Crippen molar-refractivity contribution < 1.29 is 4.79 Å². The summed E-state index contributed by atoms with van der Waals surface area (Å²) in [6.45, 7) is 6.46. The van der Waals surface area contributed by atoms with Gasteiger partial charge in [0.05, 0.1) is 17.4 Å². The Morgan fingerprint density at radius 2 is 2.18 bits per heavy atom. The van der Waals surface area contributed by atoms with Crippen LogP contribution in [-0.2, 0) is 4.79 Å². The Kier molecular flexibility index (Phi) is 3.41. The minimum absolute atomic E-state index is 0.0152. The van der Waals surface area contributed by atoms with Crippen LogP contribution >= 0.6 is 0 Å². The summed E-state index contributed by atoms with van der Waals surface area (Å²) in [5.74, 6) is 1.11. The second kappa shape index (κ2) is 4.82. The number of nitrogens with zero attached hydrogens (tertiary/aromatic N) is 3. The maximum atomic E-state index is 11.7. The largest absolute Gasteiger partial charge is 0.345 e. The maximum Gasteiger partial charge on any atom is 0.152 e. The molecule has 0 aromatic carbocycles. The average Bonchev–Trinajstić information content (AvgIpc) is 2.32. The molecule has 0 radical (unpaired) electrons. The summed E-state index contributed by atoms with van der Waals surface area (Å²) in [6.07, 6.45) is 4.95. The van der Waals surface area contributed by atoms with Crippen molar-refractivity contribution >= 4 is 11.6 Å². The summed E-state index contributed by atoms with van der Waals surface area (Å²) >= 11 is 0. The van der Waals surface area contributed by atoms with E-state index in [1.165, 1.54) is 0 Å². The fraction of sp³-hybridized carbons (Fsp3) is 0.615. The third-order valence-corrected chi connectivity index (χ3v) is 3.30. The SMILES string of the molecule is CC(=O)C1CCCCN1c1nc(C)cnc1C. The Labute approximate surface area is 102 Å². The van der Waals surface area contributed by atoms with Crippen LogP contribution in [0.5, 0.6) is 0 Å². The van der Waals surface area contributed by atoms with Crippen molar-refractivity contribution in [1.82, 2.24) is 9.97 Å². The summed E-state index contributed by atoms with van der Waals surface area (Å²) in [5, 5.41) is 0. The van der Waals surface area contributed by atoms with Crippen LogP contribution in [-0.4, -0.2) is 28.3 Å². The quantitative estimate of drug-likeness (QED) is 0.784. The van der Waals surface area contributed by atoms with E-state index in [0.717, 1.165) is 43.0 Å². The number of Topliss-reactive ketones (excluding diaryl/α,β-unsaturated/α-hetero) is 1. The lowest BCUT2D eigenvalue weighted by Gasteiger charge is -2.35. The van der Waals surface area contributed by atoms with Crippen LogP contribution in [0.4, 0.5) is 5.82 Å². The van der Waals surface area contributed by atoms with E-state index in [1.54, 1.807) is 13.1 Å². The molecule has 1 aromatic heterocycles. The molecule has 17 heavy (non-hydrogen) atoms. The molecule has 2 rings (SSSR count). The van der Waals surface area contributed by atoms with Gasteiger partial charge in [-0.15, -0.1) is 0 Å². The van der Waals surface area contributed by atoms with Crippen molar-refractivity contribution in [2.75, 3.05) is 11.4 Å². The molecule has 0 aliphatic carbocycles. The Morgan fingerprint density at radius 1 is 1.41 bits per heavy atom. The molecule has 1 atom stereocenters. The van der Waals surface area contributed by atoms with E-state index in [9.17, 15) is 4.79 Å². The lowest BCUT2D eigenvalue weighted by atomic mass is 9.99. The van der Waals surface area contributed by atoms with E-state index < -0.39 is 0 Å². The van der Waals surface area contributed by atoms with E-state index in [1.807, 2.05) is 13.8 Å². The van der Waals surface area contributed by atoms with Crippen LogP contribution in [0.15, 0.2) is 6.20 Å². The average molecular weight is 233 g/mol. The summed E-state index contributed by atoms with van der Waals surface area (Å²) in [5.41, 5.74) is 1.81. The predicted molar refractivity (Wildman–Crippen MR) is 67.2 cm³/mol. The second-order valence-corrected chi connectivity index (χ2v) is 4.74. The molecule has 1 aliphatic rings. The van der Waals surface area contributed by atoms with E-state index >= 15 is 0 Å². The maximum absolute atomic E-state index is 11.7. The number of rotatable bonds is 2. The molecule has 1 aliphatic heterocycles. The zero-order valence-corrected chi connectivity index (χ0v) is 10.7. The number of hydrogen-bond donors (Lipinski definition) is 0. The Bertz CT molecular complexity index is 431. The van der Waals surface area contributed by atoms with E-state index in [2.05, 4.69) is 14.9 Å². The Balaban J connectivity index is 2.35. The van der Waals surface area contributed by atoms with Crippen molar-refractivity contribution in [2.24, 2.45) is 0 Å². The fourth-order valence-electron chi connectivity index (χ4n) is 2.40. The minimum atomic E-state index is -0.0152. The highest BCUT2D eigenvalue weighted by Gasteiger charge is 2.28. The molecule has 1 aromatic rings. The number of carbonyl (C=O) groups is 1. The van der Waals surface area contributed by atoms with Gasteiger partial charge in [-0.2, -0.15) is 0 Å². The zero-order chi connectivity index (χ0) is 12.4. The van der Waals surface area contributed by atoms with Crippen molar-refractivity contribution in [3.8, 4) is 0 Å². The number of ketones is 1. The van der Waals surface area contributed by atoms with Crippen molar-refractivity contribution in [3.63, 3.8) is 0 Å². The third-order valence-electron chi connectivity index (χ3n) is 3.30. The molecule has 0 N–H and O–H groups in total. The number of carbonyl (C=O) groups excluding carboxylic acids is 1. The van der Waals surface area contributed by atoms with E-state index in [-0.39, 0.29) is 11.8 Å². The molecule has 2 heterocycles. The molecular formula is C13H19N3O. The lowest BCUT2D eigenvalue weighted by Crippen LogP contribution is -2.44. The van der Waals surface area contributed by atoms with Gasteiger partial charge in [-0.3, -0.25) is 9.78 Å². The summed E-state index contributed by atoms with van der Waals surface area (Å²) < 4.78 is 0. The van der Waals surface area contributed by atoms with Gasteiger partial charge in [0.1, 0.15) is 0 Å². The van der Waals surface area contributed by atoms with Crippen LogP contribution < -0.4 is 4.90 Å². The van der Waals surface area contributed by atoms with Crippen LogP contribution in [0.3, 0.4) is 0 Å². The molecule has 1 fully saturated rings. The third kappa shape index (κ3) is 2.46. The first kappa shape index (κ1) is 12.0. The first-order chi connectivity index (χ1) is 8.09. The van der Waals surface area contributed by atoms with Gasteiger partial charge in [0, 0.05) is 12.7 Å². The van der Waals surface area contributed by atoms with Gasteiger partial charge in [-0.05, 0) is 40.0 Å². The molecule has 0 spiro atoms. The number of aromatic nitrogens is 2. The smallest absolute Gasteiger partial charge is 0.152 e. The number of hydrogen-bond acceptors (Lipinski definition) is 4. The molecule has 1 saturated heterocycles. The molecule has 4 nitrogen and oxygen atoms in total. The van der Waals surface area contributed by atoms with Gasteiger partial charge in [-0.25, -0.2) is 4.98 Å². The molecule has 0 bridgehead atoms. The molecule has 0 amide bonds. The minimum Gasteiger partial charge on any atom is -0.345 e. The van der Waals surface area contributed by atoms with Gasteiger partial charge in [-0.1, -0.05) is 0 Å². The molecule has 92 valence electrons. The monoisotopic (exact) mass is 233 g/mol. The highest BCUT2D eigenvalue weighted by Crippen LogP contribution is 2.25. The van der Waals surface area contributed by atoms with Crippen LogP contribution in [0.2, 0.25) is 0 Å². The summed E-state index contributed by atoms with van der Waals surface area (Å²) in [7, 11) is 0. The van der Waals surface area contributed by atoms with Crippen LogP contribution in [0.25, 0.3) is 0 Å². The summed E-state index contributed by atoms with van der Waals surface area (Å²) in [6, 6.07) is -0.0152. The molecule has 1 unspecified atom stereocenters. The van der Waals surface area contributed by atoms with Gasteiger partial charge >= 0.3 is 0 Å². The van der Waals surface area contributed by atoms with Crippen LogP contribution in [0, 0.1) is 13.8 Å². The van der Waals surface area contributed by atoms with E-state index in [0.29, 0.717) is 0 Å². The Hall–Kier alpha value is -1.45. The normalized spacial score (nSPS) is 20.4. The number of anilines is 1. The first-order valence-corrected chi connectivity index (χ1v) is 6.17. The highest BCUT2D eigenvalue weighted by atomic mass is 16.1. The predicted octanol–water partition coefficient (Wildman–Crippen LogP) is 2.04. The molecule has 4 heteroatoms. The van der Waals surface area contributed by atoms with Crippen molar-refractivity contribution in [2.45, 2.75) is 46.1 Å². The summed E-state index contributed by atoms with van der Waals surface area (Å²) in [4.78, 5) is 22.7. The van der Waals surface area contributed by atoms with Crippen LogP contribution in [0.1, 0.15) is 37.6 Å². The topological polar surface area (TPSA) is 46.1 Å². The number of aryl methyl sites for hydroxylation is 2. The van der Waals surface area contributed by atoms with Gasteiger partial charge in [0.2, 0.25) is 0 Å². The highest BCUT2D eigenvalue weighted by molar-refractivity contribution is 5.85. The fourth-order valence-corrected chi connectivity index (χ4v) is 2.40. The van der Waals surface area contributed by atoms with Crippen molar-refractivity contribution in [1.29, 1.82) is 0 Å².